The average molecular weight is 212 g/mol. The first kappa shape index (κ1) is 11.5. The molecular formula is C11H17O2P. The van der Waals surface area contributed by atoms with Gasteiger partial charge in [-0.05, 0) is 18.6 Å². The second-order valence-electron chi connectivity index (χ2n) is 3.37. The normalized spacial score (nSPS) is 15.0. The molecule has 1 aromatic carbocycles. The lowest BCUT2D eigenvalue weighted by Gasteiger charge is -2.13. The summed E-state index contributed by atoms with van der Waals surface area (Å²) in [6.45, 7) is 4.35. The minimum absolute atomic E-state index is 0.583. The van der Waals surface area contributed by atoms with E-state index in [4.69, 9.17) is 4.52 Å². The molecule has 0 bridgehead atoms. The second kappa shape index (κ2) is 5.33. The van der Waals surface area contributed by atoms with Crippen LogP contribution in [0.15, 0.2) is 30.3 Å². The van der Waals surface area contributed by atoms with Gasteiger partial charge in [0.05, 0.1) is 6.61 Å². The van der Waals surface area contributed by atoms with Gasteiger partial charge in [-0.25, -0.2) is 0 Å². The SMILES string of the molecule is CCCCOP(C)(=O)c1ccccc1. The number of rotatable bonds is 5. The molecule has 3 heteroatoms. The molecule has 0 saturated carbocycles. The average Bonchev–Trinajstić information content (AvgIpc) is 2.19. The van der Waals surface area contributed by atoms with Crippen LogP contribution in [-0.2, 0) is 9.09 Å². The highest BCUT2D eigenvalue weighted by molar-refractivity contribution is 7.66. The third kappa shape index (κ3) is 3.28. The van der Waals surface area contributed by atoms with Crippen LogP contribution in [0.25, 0.3) is 0 Å². The van der Waals surface area contributed by atoms with E-state index in [1.54, 1.807) is 6.66 Å². The van der Waals surface area contributed by atoms with Crippen LogP contribution in [0.2, 0.25) is 0 Å². The summed E-state index contributed by atoms with van der Waals surface area (Å²) in [5.41, 5.74) is 0. The molecule has 0 aromatic heterocycles. The summed E-state index contributed by atoms with van der Waals surface area (Å²) >= 11 is 0. The van der Waals surface area contributed by atoms with Crippen LogP contribution >= 0.6 is 7.37 Å². The predicted octanol–water partition coefficient (Wildman–Crippen LogP) is 3.04. The Morgan fingerprint density at radius 2 is 1.93 bits per heavy atom. The minimum Gasteiger partial charge on any atom is -0.325 e. The molecule has 1 aromatic rings. The third-order valence-electron chi connectivity index (χ3n) is 2.06. The Morgan fingerprint density at radius 1 is 1.29 bits per heavy atom. The molecule has 0 amide bonds. The Morgan fingerprint density at radius 3 is 2.50 bits per heavy atom. The molecule has 78 valence electrons. The summed E-state index contributed by atoms with van der Waals surface area (Å²) in [4.78, 5) is 0. The molecular weight excluding hydrogens is 195 g/mol. The molecule has 0 heterocycles. The van der Waals surface area contributed by atoms with E-state index in [0.717, 1.165) is 18.1 Å². The van der Waals surface area contributed by atoms with Crippen LogP contribution in [0.5, 0.6) is 0 Å². The van der Waals surface area contributed by atoms with E-state index in [2.05, 4.69) is 6.92 Å². The minimum atomic E-state index is -2.57. The largest absolute Gasteiger partial charge is 0.325 e. The van der Waals surface area contributed by atoms with E-state index >= 15 is 0 Å². The fourth-order valence-corrected chi connectivity index (χ4v) is 2.50. The summed E-state index contributed by atoms with van der Waals surface area (Å²) in [5.74, 6) is 0. The molecule has 1 unspecified atom stereocenters. The van der Waals surface area contributed by atoms with Crippen molar-refractivity contribution in [2.75, 3.05) is 13.3 Å². The molecule has 0 aliphatic carbocycles. The van der Waals surface area contributed by atoms with Crippen molar-refractivity contribution in [1.82, 2.24) is 0 Å². The van der Waals surface area contributed by atoms with Crippen LogP contribution < -0.4 is 5.30 Å². The Labute approximate surface area is 85.7 Å². The molecule has 0 radical (unpaired) electrons. The lowest BCUT2D eigenvalue weighted by atomic mass is 10.4. The van der Waals surface area contributed by atoms with Gasteiger partial charge < -0.3 is 4.52 Å². The quantitative estimate of drug-likeness (QED) is 0.554. The molecule has 14 heavy (non-hydrogen) atoms. The van der Waals surface area contributed by atoms with Crippen molar-refractivity contribution in [2.45, 2.75) is 19.8 Å². The highest BCUT2D eigenvalue weighted by Crippen LogP contribution is 2.41. The van der Waals surface area contributed by atoms with Crippen LogP contribution in [0, 0.1) is 0 Å². The molecule has 0 fully saturated rings. The molecule has 0 saturated heterocycles. The first-order valence-corrected chi connectivity index (χ1v) is 7.01. The van der Waals surface area contributed by atoms with Crippen molar-refractivity contribution in [3.8, 4) is 0 Å². The standard InChI is InChI=1S/C11H17O2P/c1-3-4-10-13-14(2,12)11-8-6-5-7-9-11/h5-9H,3-4,10H2,1-2H3. The van der Waals surface area contributed by atoms with Crippen LogP contribution in [0.1, 0.15) is 19.8 Å². The Hall–Kier alpha value is -0.590. The molecule has 0 aliphatic heterocycles. The van der Waals surface area contributed by atoms with Crippen molar-refractivity contribution in [3.05, 3.63) is 30.3 Å². The van der Waals surface area contributed by atoms with E-state index in [1.807, 2.05) is 30.3 Å². The highest BCUT2D eigenvalue weighted by Gasteiger charge is 2.17. The molecule has 1 atom stereocenters. The predicted molar refractivity (Wildman–Crippen MR) is 60.5 cm³/mol. The zero-order valence-corrected chi connectivity index (χ0v) is 9.67. The van der Waals surface area contributed by atoms with E-state index in [-0.39, 0.29) is 0 Å². The van der Waals surface area contributed by atoms with Crippen LogP contribution in [0.4, 0.5) is 0 Å². The van der Waals surface area contributed by atoms with Crippen molar-refractivity contribution in [1.29, 1.82) is 0 Å². The summed E-state index contributed by atoms with van der Waals surface area (Å²) in [7, 11) is -2.57. The zero-order chi connectivity index (χ0) is 10.4. The fourth-order valence-electron chi connectivity index (χ4n) is 1.16. The molecule has 0 N–H and O–H groups in total. The van der Waals surface area contributed by atoms with Crippen molar-refractivity contribution in [2.24, 2.45) is 0 Å². The monoisotopic (exact) mass is 212 g/mol. The van der Waals surface area contributed by atoms with Gasteiger partial charge >= 0.3 is 0 Å². The van der Waals surface area contributed by atoms with Gasteiger partial charge in [-0.1, -0.05) is 31.5 Å². The Kier molecular flexibility index (Phi) is 4.37. The van der Waals surface area contributed by atoms with E-state index in [1.165, 1.54) is 0 Å². The van der Waals surface area contributed by atoms with Gasteiger partial charge in [0.25, 0.3) is 0 Å². The molecule has 0 aliphatic rings. The third-order valence-corrected chi connectivity index (χ3v) is 3.97. The maximum atomic E-state index is 12.1. The van der Waals surface area contributed by atoms with Gasteiger partial charge in [0.15, 0.2) is 0 Å². The summed E-state index contributed by atoms with van der Waals surface area (Å²) < 4.78 is 17.5. The summed E-state index contributed by atoms with van der Waals surface area (Å²) in [5, 5.41) is 0.802. The van der Waals surface area contributed by atoms with Crippen molar-refractivity contribution in [3.63, 3.8) is 0 Å². The summed E-state index contributed by atoms with van der Waals surface area (Å²) in [6, 6.07) is 9.39. The highest BCUT2D eigenvalue weighted by atomic mass is 31.2. The van der Waals surface area contributed by atoms with E-state index in [9.17, 15) is 4.57 Å². The lowest BCUT2D eigenvalue weighted by molar-refractivity contribution is 0.316. The smallest absolute Gasteiger partial charge is 0.229 e. The first-order chi connectivity index (χ1) is 6.67. The molecule has 0 spiro atoms. The zero-order valence-electron chi connectivity index (χ0n) is 8.77. The van der Waals surface area contributed by atoms with Gasteiger partial charge in [-0.2, -0.15) is 0 Å². The maximum Gasteiger partial charge on any atom is 0.229 e. The molecule has 2 nitrogen and oxygen atoms in total. The van der Waals surface area contributed by atoms with E-state index < -0.39 is 7.37 Å². The fraction of sp³-hybridized carbons (Fsp3) is 0.455. The van der Waals surface area contributed by atoms with Crippen LogP contribution in [0.3, 0.4) is 0 Å². The van der Waals surface area contributed by atoms with Gasteiger partial charge in [0, 0.05) is 12.0 Å². The molecule has 1 rings (SSSR count). The van der Waals surface area contributed by atoms with Crippen molar-refractivity contribution < 1.29 is 9.09 Å². The van der Waals surface area contributed by atoms with E-state index in [0.29, 0.717) is 6.61 Å². The summed E-state index contributed by atoms with van der Waals surface area (Å²) in [6.07, 6.45) is 2.03. The number of benzene rings is 1. The number of hydrogen-bond acceptors (Lipinski definition) is 2. The van der Waals surface area contributed by atoms with Gasteiger partial charge in [0.1, 0.15) is 0 Å². The number of hydrogen-bond donors (Lipinski definition) is 0. The van der Waals surface area contributed by atoms with Crippen molar-refractivity contribution >= 4 is 12.7 Å². The first-order valence-electron chi connectivity index (χ1n) is 4.94. The Bertz CT molecular complexity index is 308. The topological polar surface area (TPSA) is 26.3 Å². The number of unbranched alkanes of at least 4 members (excludes halogenated alkanes) is 1. The maximum absolute atomic E-state index is 12.1. The van der Waals surface area contributed by atoms with Gasteiger partial charge in [0.2, 0.25) is 7.37 Å². The van der Waals surface area contributed by atoms with Gasteiger partial charge in [-0.3, -0.25) is 4.57 Å². The second-order valence-corrected chi connectivity index (χ2v) is 5.83. The van der Waals surface area contributed by atoms with Gasteiger partial charge in [-0.15, -0.1) is 0 Å². The van der Waals surface area contributed by atoms with Crippen LogP contribution in [-0.4, -0.2) is 13.3 Å². The lowest BCUT2D eigenvalue weighted by Crippen LogP contribution is -2.06. The Balaban J connectivity index is 2.62.